The van der Waals surface area contributed by atoms with E-state index in [9.17, 15) is 24.3 Å². The van der Waals surface area contributed by atoms with Crippen LogP contribution < -0.4 is 20.7 Å². The first-order chi connectivity index (χ1) is 20.0. The van der Waals surface area contributed by atoms with Crippen molar-refractivity contribution in [1.29, 1.82) is 0 Å². The van der Waals surface area contributed by atoms with Crippen molar-refractivity contribution in [3.8, 4) is 16.9 Å². The number of nitrogens with one attached hydrogen (secondary N) is 3. The zero-order valence-corrected chi connectivity index (χ0v) is 25.4. The van der Waals surface area contributed by atoms with Crippen LogP contribution in [0.5, 0.6) is 5.75 Å². The van der Waals surface area contributed by atoms with Crippen LogP contribution in [0.1, 0.15) is 60.8 Å². The number of anilines is 1. The molecule has 1 aromatic heterocycles. The number of aromatic nitrogens is 1. The molecule has 0 spiro atoms. The molecule has 1 aromatic carbocycles. The van der Waals surface area contributed by atoms with E-state index >= 15 is 0 Å². The van der Waals surface area contributed by atoms with E-state index in [1.54, 1.807) is 84.1 Å². The Morgan fingerprint density at radius 3 is 2.02 bits per heavy atom. The summed E-state index contributed by atoms with van der Waals surface area (Å²) in [5.41, 5.74) is 0.188. The van der Waals surface area contributed by atoms with Gasteiger partial charge in [0.15, 0.2) is 6.10 Å². The van der Waals surface area contributed by atoms with Crippen molar-refractivity contribution >= 4 is 29.9 Å². The van der Waals surface area contributed by atoms with E-state index < -0.39 is 47.4 Å². The minimum atomic E-state index is -1.62. The van der Waals surface area contributed by atoms with Gasteiger partial charge in [0.2, 0.25) is 5.91 Å². The molecule has 43 heavy (non-hydrogen) atoms. The molecule has 0 saturated carbocycles. The Hall–Kier alpha value is -4.39. The second-order valence-corrected chi connectivity index (χ2v) is 11.7. The SMILES string of the molecule is CC(C)(C)OC(=O)NCCCC[C@H](NC(=O)OC(C)(C)C)C(=O)Nc1ccc(-c2ccc(OC[C@@H](O)C(=O)O)cc2)cn1. The Labute approximate surface area is 251 Å². The quantitative estimate of drug-likeness (QED) is 0.209. The lowest BCUT2D eigenvalue weighted by atomic mass is 10.1. The lowest BCUT2D eigenvalue weighted by molar-refractivity contribution is -0.148. The number of carbonyl (C=O) groups excluding carboxylic acids is 3. The van der Waals surface area contributed by atoms with E-state index in [0.29, 0.717) is 25.1 Å². The van der Waals surface area contributed by atoms with Gasteiger partial charge in [0.1, 0.15) is 35.4 Å². The molecule has 13 heteroatoms. The highest BCUT2D eigenvalue weighted by Gasteiger charge is 2.25. The molecule has 0 bridgehead atoms. The summed E-state index contributed by atoms with van der Waals surface area (Å²) in [4.78, 5) is 52.4. The number of unbranched alkanes of at least 4 members (excludes halogenated alkanes) is 1. The summed E-state index contributed by atoms with van der Waals surface area (Å²) in [5, 5.41) is 26.1. The molecule has 236 valence electrons. The van der Waals surface area contributed by atoms with Crippen LogP contribution in [0.2, 0.25) is 0 Å². The van der Waals surface area contributed by atoms with Crippen LogP contribution in [-0.4, -0.2) is 75.8 Å². The topological polar surface area (TPSA) is 185 Å². The van der Waals surface area contributed by atoms with Gasteiger partial charge in [0, 0.05) is 18.3 Å². The van der Waals surface area contributed by atoms with Crippen molar-refractivity contribution in [2.75, 3.05) is 18.5 Å². The Morgan fingerprint density at radius 1 is 0.860 bits per heavy atom. The van der Waals surface area contributed by atoms with Crippen LogP contribution in [-0.2, 0) is 19.1 Å². The first-order valence-corrected chi connectivity index (χ1v) is 13.9. The molecule has 0 saturated heterocycles. The third-order valence-electron chi connectivity index (χ3n) is 5.49. The number of amides is 3. The molecule has 0 aliphatic carbocycles. The number of aliphatic hydroxyl groups is 1. The molecule has 0 radical (unpaired) electrons. The van der Waals surface area contributed by atoms with E-state index in [4.69, 9.17) is 19.3 Å². The molecule has 5 N–H and O–H groups in total. The van der Waals surface area contributed by atoms with Gasteiger partial charge in [-0.1, -0.05) is 12.1 Å². The largest absolute Gasteiger partial charge is 0.490 e. The standard InChI is InChI=1S/C30H42N4O9/c1-29(2,3)42-27(39)31-16-8-7-9-22(33-28(40)43-30(4,5)6)25(36)34-24-15-12-20(17-32-24)19-10-13-21(14-11-19)41-18-23(35)26(37)38/h10-15,17,22-23,35H,7-9,16,18H2,1-6H3,(H,31,39)(H,33,40)(H,37,38)(H,32,34,36)/t22-,23+/m0/s1. The average molecular weight is 603 g/mol. The Bertz CT molecular complexity index is 1220. The number of hydrogen-bond donors (Lipinski definition) is 5. The highest BCUT2D eigenvalue weighted by Crippen LogP contribution is 2.23. The van der Waals surface area contributed by atoms with Gasteiger partial charge < -0.3 is 40.4 Å². The molecule has 13 nitrogen and oxygen atoms in total. The molecule has 1 heterocycles. The monoisotopic (exact) mass is 602 g/mol. The fraction of sp³-hybridized carbons (Fsp3) is 0.500. The smallest absolute Gasteiger partial charge is 0.408 e. The van der Waals surface area contributed by atoms with Gasteiger partial charge in [-0.05, 0) is 90.6 Å². The van der Waals surface area contributed by atoms with E-state index in [0.717, 1.165) is 11.1 Å². The molecule has 2 atom stereocenters. The van der Waals surface area contributed by atoms with Gasteiger partial charge in [-0.3, -0.25) is 4.79 Å². The van der Waals surface area contributed by atoms with Crippen molar-refractivity contribution in [3.63, 3.8) is 0 Å². The first kappa shape index (κ1) is 34.8. The number of aliphatic hydroxyl groups excluding tert-OH is 1. The predicted molar refractivity (Wildman–Crippen MR) is 159 cm³/mol. The number of benzene rings is 1. The number of ether oxygens (including phenoxy) is 3. The summed E-state index contributed by atoms with van der Waals surface area (Å²) in [6, 6.07) is 9.23. The van der Waals surface area contributed by atoms with Crippen molar-refractivity contribution in [2.24, 2.45) is 0 Å². The average Bonchev–Trinajstić information content (AvgIpc) is 2.89. The maximum absolute atomic E-state index is 13.1. The van der Waals surface area contributed by atoms with Gasteiger partial charge in [0.25, 0.3) is 0 Å². The van der Waals surface area contributed by atoms with Gasteiger partial charge in [0.05, 0.1) is 0 Å². The van der Waals surface area contributed by atoms with E-state index in [1.807, 2.05) is 0 Å². The number of pyridine rings is 1. The van der Waals surface area contributed by atoms with Crippen LogP contribution in [0, 0.1) is 0 Å². The third-order valence-corrected chi connectivity index (χ3v) is 5.49. The minimum Gasteiger partial charge on any atom is -0.490 e. The Balaban J connectivity index is 1.98. The van der Waals surface area contributed by atoms with Crippen molar-refractivity contribution < 1.29 is 43.6 Å². The molecule has 2 rings (SSSR count). The number of rotatable bonds is 13. The molecule has 0 aliphatic rings. The Morgan fingerprint density at radius 2 is 1.47 bits per heavy atom. The fourth-order valence-electron chi connectivity index (χ4n) is 3.54. The second kappa shape index (κ2) is 15.7. The lowest BCUT2D eigenvalue weighted by Gasteiger charge is -2.23. The maximum atomic E-state index is 13.1. The maximum Gasteiger partial charge on any atom is 0.408 e. The number of aliphatic carboxylic acids is 1. The summed E-state index contributed by atoms with van der Waals surface area (Å²) in [6.07, 6.45) is 0.0542. The van der Waals surface area contributed by atoms with E-state index in [2.05, 4.69) is 20.9 Å². The zero-order valence-electron chi connectivity index (χ0n) is 25.4. The van der Waals surface area contributed by atoms with Crippen LogP contribution in [0.15, 0.2) is 42.6 Å². The van der Waals surface area contributed by atoms with Gasteiger partial charge in [-0.25, -0.2) is 19.4 Å². The minimum absolute atomic E-state index is 0.277. The van der Waals surface area contributed by atoms with Gasteiger partial charge >= 0.3 is 18.2 Å². The summed E-state index contributed by atoms with van der Waals surface area (Å²) in [6.45, 7) is 10.5. The number of hydrogen-bond acceptors (Lipinski definition) is 9. The second-order valence-electron chi connectivity index (χ2n) is 11.7. The normalized spacial score (nSPS) is 12.8. The molecular weight excluding hydrogens is 560 g/mol. The van der Waals surface area contributed by atoms with Crippen LogP contribution >= 0.6 is 0 Å². The number of carboxylic acid groups (broad SMARTS) is 1. The van der Waals surface area contributed by atoms with Crippen molar-refractivity contribution in [3.05, 3.63) is 42.6 Å². The summed E-state index contributed by atoms with van der Waals surface area (Å²) in [5.74, 6) is -1.17. The zero-order chi connectivity index (χ0) is 32.2. The van der Waals surface area contributed by atoms with Gasteiger partial charge in [-0.2, -0.15) is 0 Å². The summed E-state index contributed by atoms with van der Waals surface area (Å²) < 4.78 is 15.8. The third kappa shape index (κ3) is 13.9. The number of nitrogens with zero attached hydrogens (tertiary/aromatic N) is 1. The lowest BCUT2D eigenvalue weighted by Crippen LogP contribution is -2.46. The van der Waals surface area contributed by atoms with Crippen LogP contribution in [0.3, 0.4) is 0 Å². The van der Waals surface area contributed by atoms with Crippen LogP contribution in [0.25, 0.3) is 11.1 Å². The summed E-state index contributed by atoms with van der Waals surface area (Å²) >= 11 is 0. The Kier molecular flexibility index (Phi) is 12.7. The molecule has 0 fully saturated rings. The van der Waals surface area contributed by atoms with Crippen molar-refractivity contribution in [1.82, 2.24) is 15.6 Å². The molecule has 2 aromatic rings. The fourth-order valence-corrected chi connectivity index (χ4v) is 3.54. The highest BCUT2D eigenvalue weighted by atomic mass is 16.6. The molecule has 0 aliphatic heterocycles. The number of carbonyl (C=O) groups is 4. The first-order valence-electron chi connectivity index (χ1n) is 13.9. The summed E-state index contributed by atoms with van der Waals surface area (Å²) in [7, 11) is 0. The molecule has 0 unspecified atom stereocenters. The number of carboxylic acids is 1. The van der Waals surface area contributed by atoms with E-state index in [1.165, 1.54) is 0 Å². The number of alkyl carbamates (subject to hydrolysis) is 2. The van der Waals surface area contributed by atoms with Crippen molar-refractivity contribution in [2.45, 2.75) is 84.2 Å². The van der Waals surface area contributed by atoms with Crippen LogP contribution in [0.4, 0.5) is 15.4 Å². The predicted octanol–water partition coefficient (Wildman–Crippen LogP) is 4.10. The highest BCUT2D eigenvalue weighted by molar-refractivity contribution is 5.96. The van der Waals surface area contributed by atoms with Gasteiger partial charge in [-0.15, -0.1) is 0 Å². The molecule has 3 amide bonds. The molecular formula is C30H42N4O9. The van der Waals surface area contributed by atoms with E-state index in [-0.39, 0.29) is 18.8 Å².